The summed E-state index contributed by atoms with van der Waals surface area (Å²) in [5.74, 6) is 1.50. The lowest BCUT2D eigenvalue weighted by molar-refractivity contribution is 0.0951. The molecule has 1 aliphatic rings. The second-order valence-electron chi connectivity index (χ2n) is 8.04. The third-order valence-corrected chi connectivity index (χ3v) is 5.28. The molecule has 1 aliphatic heterocycles. The summed E-state index contributed by atoms with van der Waals surface area (Å²) in [6.07, 6.45) is 1.34. The van der Waals surface area contributed by atoms with Crippen molar-refractivity contribution in [1.82, 2.24) is 10.2 Å². The van der Waals surface area contributed by atoms with E-state index in [9.17, 15) is 4.79 Å². The van der Waals surface area contributed by atoms with Crippen molar-refractivity contribution in [1.29, 1.82) is 0 Å². The Balaban J connectivity index is 0.00000280. The molecule has 2 aromatic rings. The van der Waals surface area contributed by atoms with E-state index < -0.39 is 0 Å². The molecular weight excluding hydrogens is 370 g/mol. The van der Waals surface area contributed by atoms with E-state index in [0.717, 1.165) is 29.5 Å². The summed E-state index contributed by atoms with van der Waals surface area (Å²) < 4.78 is 0. The zero-order chi connectivity index (χ0) is 19.2. The van der Waals surface area contributed by atoms with Gasteiger partial charge in [-0.25, -0.2) is 0 Å². The molecule has 2 atom stereocenters. The number of halogens is 1. The molecule has 5 heteroatoms. The van der Waals surface area contributed by atoms with Gasteiger partial charge in [0.05, 0.1) is 0 Å². The predicted molar refractivity (Wildman–Crippen MR) is 117 cm³/mol. The van der Waals surface area contributed by atoms with Crippen molar-refractivity contribution in [3.63, 3.8) is 0 Å². The molecule has 0 aliphatic carbocycles. The number of nitrogens with two attached hydrogens (primary N) is 1. The number of carbonyl (C=O) groups excluding carboxylic acids is 1. The fourth-order valence-electron chi connectivity index (χ4n) is 4.02. The fraction of sp³-hybridized carbons (Fsp3) is 0.435. The van der Waals surface area contributed by atoms with Gasteiger partial charge in [0.25, 0.3) is 5.91 Å². The van der Waals surface area contributed by atoms with E-state index in [-0.39, 0.29) is 18.3 Å². The molecule has 3 N–H and O–H groups in total. The maximum Gasteiger partial charge on any atom is 0.251 e. The van der Waals surface area contributed by atoms with Crippen molar-refractivity contribution in [3.8, 4) is 0 Å². The number of nitrogens with one attached hydrogen (secondary N) is 1. The first-order chi connectivity index (χ1) is 13.0. The summed E-state index contributed by atoms with van der Waals surface area (Å²) in [7, 11) is 0. The summed E-state index contributed by atoms with van der Waals surface area (Å²) in [5, 5.41) is 2.98. The molecule has 2 aromatic carbocycles. The highest BCUT2D eigenvalue weighted by molar-refractivity contribution is 5.94. The molecule has 2 unspecified atom stereocenters. The Morgan fingerprint density at radius 3 is 2.07 bits per heavy atom. The van der Waals surface area contributed by atoms with Crippen LogP contribution >= 0.6 is 12.4 Å². The largest absolute Gasteiger partial charge is 0.348 e. The molecular formula is C23H32ClN3O. The topological polar surface area (TPSA) is 58.4 Å². The number of likely N-dealkylation sites (tertiary alicyclic amines) is 1. The van der Waals surface area contributed by atoms with E-state index in [1.165, 1.54) is 25.1 Å². The van der Waals surface area contributed by atoms with Crippen LogP contribution in [0.25, 0.3) is 0 Å². The van der Waals surface area contributed by atoms with Crippen molar-refractivity contribution >= 4 is 18.3 Å². The zero-order valence-electron chi connectivity index (χ0n) is 16.9. The number of carbonyl (C=O) groups is 1. The molecule has 4 nitrogen and oxygen atoms in total. The molecule has 0 saturated carbocycles. The molecule has 152 valence electrons. The molecule has 0 bridgehead atoms. The third kappa shape index (κ3) is 6.33. The first-order valence-corrected chi connectivity index (χ1v) is 9.91. The lowest BCUT2D eigenvalue weighted by atomic mass is 9.91. The van der Waals surface area contributed by atoms with Crippen molar-refractivity contribution in [3.05, 3.63) is 70.8 Å². The monoisotopic (exact) mass is 401 g/mol. The Kier molecular flexibility index (Phi) is 8.49. The summed E-state index contributed by atoms with van der Waals surface area (Å²) in [4.78, 5) is 14.8. The number of benzene rings is 2. The highest BCUT2D eigenvalue weighted by Gasteiger charge is 2.21. The summed E-state index contributed by atoms with van der Waals surface area (Å²) in [6, 6.07) is 16.0. The molecule has 1 fully saturated rings. The van der Waals surface area contributed by atoms with Crippen LogP contribution in [0.5, 0.6) is 0 Å². The van der Waals surface area contributed by atoms with Gasteiger partial charge in [-0.1, -0.05) is 50.2 Å². The Morgan fingerprint density at radius 1 is 0.964 bits per heavy atom. The number of hydrogen-bond donors (Lipinski definition) is 2. The van der Waals surface area contributed by atoms with Crippen LogP contribution in [0.15, 0.2) is 48.5 Å². The second kappa shape index (κ2) is 10.6. The van der Waals surface area contributed by atoms with Gasteiger partial charge in [0.15, 0.2) is 0 Å². The van der Waals surface area contributed by atoms with Gasteiger partial charge in [-0.2, -0.15) is 0 Å². The van der Waals surface area contributed by atoms with Crippen molar-refractivity contribution < 1.29 is 4.79 Å². The van der Waals surface area contributed by atoms with Crippen LogP contribution in [0.3, 0.4) is 0 Å². The van der Waals surface area contributed by atoms with Crippen molar-refractivity contribution in [2.75, 3.05) is 13.1 Å². The van der Waals surface area contributed by atoms with Gasteiger partial charge >= 0.3 is 0 Å². The number of amides is 1. The maximum absolute atomic E-state index is 12.3. The van der Waals surface area contributed by atoms with Crippen LogP contribution < -0.4 is 11.1 Å². The van der Waals surface area contributed by atoms with Gasteiger partial charge in [-0.3, -0.25) is 9.69 Å². The van der Waals surface area contributed by atoms with Crippen LogP contribution in [0.1, 0.15) is 47.3 Å². The minimum absolute atomic E-state index is 0. The van der Waals surface area contributed by atoms with Gasteiger partial charge in [0.1, 0.15) is 0 Å². The molecule has 3 rings (SSSR count). The smallest absolute Gasteiger partial charge is 0.251 e. The van der Waals surface area contributed by atoms with E-state index in [0.29, 0.717) is 18.7 Å². The Labute approximate surface area is 174 Å². The van der Waals surface area contributed by atoms with E-state index in [2.05, 4.69) is 48.3 Å². The van der Waals surface area contributed by atoms with E-state index in [1.807, 2.05) is 24.3 Å². The van der Waals surface area contributed by atoms with E-state index in [4.69, 9.17) is 5.73 Å². The normalized spacial score (nSPS) is 19.7. The minimum Gasteiger partial charge on any atom is -0.348 e. The van der Waals surface area contributed by atoms with Gasteiger partial charge in [-0.05, 0) is 47.1 Å². The SMILES string of the molecule is CC1CC(C)CN(Cc2ccc(CNC(=O)c3ccc(CN)cc3)cc2)C1.Cl. The number of piperidine rings is 1. The average Bonchev–Trinajstić information content (AvgIpc) is 2.66. The van der Waals surface area contributed by atoms with Gasteiger partial charge in [-0.15, -0.1) is 12.4 Å². The van der Waals surface area contributed by atoms with Crippen LogP contribution in [0.2, 0.25) is 0 Å². The van der Waals surface area contributed by atoms with E-state index >= 15 is 0 Å². The van der Waals surface area contributed by atoms with Gasteiger partial charge in [0.2, 0.25) is 0 Å². The minimum atomic E-state index is -0.0565. The van der Waals surface area contributed by atoms with Crippen LogP contribution in [-0.2, 0) is 19.6 Å². The van der Waals surface area contributed by atoms with Gasteiger partial charge in [0, 0.05) is 38.3 Å². The molecule has 1 amide bonds. The van der Waals surface area contributed by atoms with Crippen LogP contribution in [0.4, 0.5) is 0 Å². The first kappa shape index (κ1) is 22.4. The molecule has 28 heavy (non-hydrogen) atoms. The fourth-order valence-corrected chi connectivity index (χ4v) is 4.02. The highest BCUT2D eigenvalue weighted by atomic mass is 35.5. The van der Waals surface area contributed by atoms with Crippen molar-refractivity contribution in [2.45, 2.75) is 39.9 Å². The Bertz CT molecular complexity index is 735. The lowest BCUT2D eigenvalue weighted by Crippen LogP contribution is -2.38. The lowest BCUT2D eigenvalue weighted by Gasteiger charge is -2.35. The van der Waals surface area contributed by atoms with Crippen molar-refractivity contribution in [2.24, 2.45) is 17.6 Å². The first-order valence-electron chi connectivity index (χ1n) is 9.91. The van der Waals surface area contributed by atoms with Crippen LogP contribution in [-0.4, -0.2) is 23.9 Å². The molecule has 0 spiro atoms. The summed E-state index contributed by atoms with van der Waals surface area (Å²) >= 11 is 0. The molecule has 1 heterocycles. The number of nitrogens with zero attached hydrogens (tertiary/aromatic N) is 1. The standard InChI is InChI=1S/C23H31N3O.ClH/c1-17-11-18(2)15-26(14-17)16-21-5-3-20(4-6-21)13-25-23(27)22-9-7-19(12-24)8-10-22;/h3-10,17-18H,11-16,24H2,1-2H3,(H,25,27);1H. The van der Waals surface area contributed by atoms with Crippen LogP contribution in [0, 0.1) is 11.8 Å². The van der Waals surface area contributed by atoms with Gasteiger partial charge < -0.3 is 11.1 Å². The third-order valence-electron chi connectivity index (χ3n) is 5.28. The zero-order valence-corrected chi connectivity index (χ0v) is 17.7. The second-order valence-corrected chi connectivity index (χ2v) is 8.04. The molecule has 0 aromatic heterocycles. The average molecular weight is 402 g/mol. The summed E-state index contributed by atoms with van der Waals surface area (Å²) in [6.45, 7) is 9.10. The number of rotatable bonds is 6. The quantitative estimate of drug-likeness (QED) is 0.769. The molecule has 1 saturated heterocycles. The maximum atomic E-state index is 12.3. The predicted octanol–water partition coefficient (Wildman–Crippen LogP) is 3.98. The highest BCUT2D eigenvalue weighted by Crippen LogP contribution is 2.22. The number of hydrogen-bond acceptors (Lipinski definition) is 3. The Hall–Kier alpha value is -1.88. The summed E-state index contributed by atoms with van der Waals surface area (Å²) in [5.41, 5.74) is 9.74. The molecule has 0 radical (unpaired) electrons. The van der Waals surface area contributed by atoms with E-state index in [1.54, 1.807) is 0 Å². The Morgan fingerprint density at radius 2 is 1.50 bits per heavy atom.